The van der Waals surface area contributed by atoms with Gasteiger partial charge in [0.2, 0.25) is 0 Å². The van der Waals surface area contributed by atoms with Crippen LogP contribution in [-0.2, 0) is 6.54 Å². The van der Waals surface area contributed by atoms with E-state index in [4.69, 9.17) is 0 Å². The predicted molar refractivity (Wildman–Crippen MR) is 52.9 cm³/mol. The van der Waals surface area contributed by atoms with Crippen LogP contribution in [0.4, 0.5) is 5.00 Å². The van der Waals surface area contributed by atoms with Gasteiger partial charge in [0.05, 0.1) is 4.92 Å². The van der Waals surface area contributed by atoms with Gasteiger partial charge < -0.3 is 5.32 Å². The molecule has 0 amide bonds. The summed E-state index contributed by atoms with van der Waals surface area (Å²) in [6.07, 6.45) is 1.75. The van der Waals surface area contributed by atoms with Gasteiger partial charge in [-0.3, -0.25) is 10.1 Å². The Morgan fingerprint density at radius 2 is 2.54 bits per heavy atom. The number of nitrogens with zero attached hydrogens (tertiary/aromatic N) is 1. The molecule has 1 aromatic heterocycles. The number of hydrogen-bond donors (Lipinski definition) is 1. The molecular weight excluding hydrogens is 188 g/mol. The van der Waals surface area contributed by atoms with Crippen molar-refractivity contribution in [1.82, 2.24) is 5.32 Å². The lowest BCUT2D eigenvalue weighted by atomic mass is 10.3. The smallest absolute Gasteiger partial charge is 0.309 e. The molecule has 13 heavy (non-hydrogen) atoms. The van der Waals surface area contributed by atoms with Gasteiger partial charge in [0.25, 0.3) is 0 Å². The highest BCUT2D eigenvalue weighted by Crippen LogP contribution is 2.22. The van der Waals surface area contributed by atoms with Crippen molar-refractivity contribution in [1.29, 1.82) is 0 Å². The minimum absolute atomic E-state index is 0.190. The van der Waals surface area contributed by atoms with E-state index in [-0.39, 0.29) is 9.92 Å². The third kappa shape index (κ3) is 2.96. The first-order valence-corrected chi connectivity index (χ1v) is 4.65. The van der Waals surface area contributed by atoms with Gasteiger partial charge in [0, 0.05) is 24.5 Å². The fourth-order valence-electron chi connectivity index (χ4n) is 0.870. The van der Waals surface area contributed by atoms with Crippen molar-refractivity contribution < 1.29 is 4.92 Å². The molecule has 0 fully saturated rings. The highest BCUT2D eigenvalue weighted by molar-refractivity contribution is 7.13. The van der Waals surface area contributed by atoms with E-state index in [0.29, 0.717) is 13.1 Å². The van der Waals surface area contributed by atoms with E-state index in [2.05, 4.69) is 11.9 Å². The van der Waals surface area contributed by atoms with Crippen LogP contribution in [0.15, 0.2) is 24.1 Å². The maximum atomic E-state index is 10.3. The number of nitrogens with one attached hydrogen (secondary N) is 1. The summed E-state index contributed by atoms with van der Waals surface area (Å²) in [4.78, 5) is 9.95. The van der Waals surface area contributed by atoms with Crippen molar-refractivity contribution in [2.75, 3.05) is 6.54 Å². The molecular formula is C8H10N2O2S. The Hall–Kier alpha value is -1.20. The van der Waals surface area contributed by atoms with Gasteiger partial charge in [0.15, 0.2) is 0 Å². The lowest BCUT2D eigenvalue weighted by Crippen LogP contribution is -2.11. The van der Waals surface area contributed by atoms with Gasteiger partial charge in [-0.05, 0) is 5.56 Å². The Balaban J connectivity index is 2.49. The zero-order valence-electron chi connectivity index (χ0n) is 7.03. The summed E-state index contributed by atoms with van der Waals surface area (Å²) in [5.41, 5.74) is 0.943. The minimum atomic E-state index is -0.373. The summed E-state index contributed by atoms with van der Waals surface area (Å²) < 4.78 is 0. The SMILES string of the molecule is C=CCNCc1csc([N+](=O)[O-])c1. The maximum Gasteiger partial charge on any atom is 0.324 e. The van der Waals surface area contributed by atoms with Gasteiger partial charge in [-0.15, -0.1) is 6.58 Å². The van der Waals surface area contributed by atoms with Crippen molar-refractivity contribution in [2.24, 2.45) is 0 Å². The molecule has 0 bridgehead atoms. The zero-order chi connectivity index (χ0) is 9.68. The molecule has 0 spiro atoms. The lowest BCUT2D eigenvalue weighted by Gasteiger charge is -1.95. The Kier molecular flexibility index (Phi) is 3.60. The normalized spacial score (nSPS) is 9.85. The average Bonchev–Trinajstić information content (AvgIpc) is 2.53. The Morgan fingerprint density at radius 1 is 1.77 bits per heavy atom. The third-order valence-corrected chi connectivity index (χ3v) is 2.37. The molecule has 1 rings (SSSR count). The summed E-state index contributed by atoms with van der Waals surface area (Å²) in [6, 6.07) is 1.58. The molecule has 0 saturated heterocycles. The van der Waals surface area contributed by atoms with Crippen molar-refractivity contribution in [3.8, 4) is 0 Å². The molecule has 0 unspecified atom stereocenters. The van der Waals surface area contributed by atoms with Gasteiger partial charge in [-0.2, -0.15) is 0 Å². The van der Waals surface area contributed by atoms with Gasteiger partial charge in [0.1, 0.15) is 0 Å². The van der Waals surface area contributed by atoms with Crippen molar-refractivity contribution in [3.05, 3.63) is 39.8 Å². The van der Waals surface area contributed by atoms with Gasteiger partial charge >= 0.3 is 5.00 Å². The largest absolute Gasteiger partial charge is 0.324 e. The number of hydrogen-bond acceptors (Lipinski definition) is 4. The van der Waals surface area contributed by atoms with Crippen LogP contribution < -0.4 is 5.32 Å². The molecule has 0 aliphatic carbocycles. The molecule has 1 N–H and O–H groups in total. The fourth-order valence-corrected chi connectivity index (χ4v) is 1.60. The van der Waals surface area contributed by atoms with Crippen molar-refractivity contribution >= 4 is 16.3 Å². The number of rotatable bonds is 5. The van der Waals surface area contributed by atoms with E-state index in [1.54, 1.807) is 17.5 Å². The van der Waals surface area contributed by atoms with E-state index >= 15 is 0 Å². The first-order chi connectivity index (χ1) is 6.24. The number of thiophene rings is 1. The summed E-state index contributed by atoms with van der Waals surface area (Å²) in [7, 11) is 0. The predicted octanol–water partition coefficient (Wildman–Crippen LogP) is 1.93. The van der Waals surface area contributed by atoms with E-state index in [1.807, 2.05) is 0 Å². The second kappa shape index (κ2) is 4.74. The zero-order valence-corrected chi connectivity index (χ0v) is 7.84. The van der Waals surface area contributed by atoms with E-state index in [0.717, 1.165) is 16.9 Å². The number of nitro groups is 1. The van der Waals surface area contributed by atoms with Crippen LogP contribution in [0.1, 0.15) is 5.56 Å². The topological polar surface area (TPSA) is 55.2 Å². The molecule has 0 atom stereocenters. The quantitative estimate of drug-likeness (QED) is 0.340. The van der Waals surface area contributed by atoms with Crippen LogP contribution >= 0.6 is 11.3 Å². The summed E-state index contributed by atoms with van der Waals surface area (Å²) in [6.45, 7) is 4.92. The molecule has 0 radical (unpaired) electrons. The lowest BCUT2D eigenvalue weighted by molar-refractivity contribution is -0.380. The first kappa shape index (κ1) is 9.88. The second-order valence-corrected chi connectivity index (χ2v) is 3.36. The van der Waals surface area contributed by atoms with Gasteiger partial charge in [-0.25, -0.2) is 0 Å². The van der Waals surface area contributed by atoms with Crippen molar-refractivity contribution in [3.63, 3.8) is 0 Å². The molecule has 4 nitrogen and oxygen atoms in total. The average molecular weight is 198 g/mol. The molecule has 0 saturated carbocycles. The van der Waals surface area contributed by atoms with Crippen LogP contribution in [0.3, 0.4) is 0 Å². The molecule has 0 aliphatic rings. The monoisotopic (exact) mass is 198 g/mol. The highest BCUT2D eigenvalue weighted by atomic mass is 32.1. The van der Waals surface area contributed by atoms with Crippen LogP contribution in [0.5, 0.6) is 0 Å². The molecule has 1 heterocycles. The molecule has 5 heteroatoms. The maximum absolute atomic E-state index is 10.3. The molecule has 70 valence electrons. The fraction of sp³-hybridized carbons (Fsp3) is 0.250. The minimum Gasteiger partial charge on any atom is -0.309 e. The standard InChI is InChI=1S/C8H10N2O2S/c1-2-3-9-5-7-4-8(10(11)12)13-6-7/h2,4,6,9H,1,3,5H2. The summed E-state index contributed by atoms with van der Waals surface area (Å²) in [5.74, 6) is 0. The van der Waals surface area contributed by atoms with Crippen LogP contribution in [-0.4, -0.2) is 11.5 Å². The van der Waals surface area contributed by atoms with Crippen LogP contribution in [0, 0.1) is 10.1 Å². The second-order valence-electron chi connectivity index (χ2n) is 2.47. The van der Waals surface area contributed by atoms with E-state index in [9.17, 15) is 10.1 Å². The first-order valence-electron chi connectivity index (χ1n) is 3.77. The molecule has 1 aromatic rings. The van der Waals surface area contributed by atoms with Crippen LogP contribution in [0.2, 0.25) is 0 Å². The van der Waals surface area contributed by atoms with Crippen molar-refractivity contribution in [2.45, 2.75) is 6.54 Å². The summed E-state index contributed by atoms with van der Waals surface area (Å²) >= 11 is 1.15. The Morgan fingerprint density at radius 3 is 3.08 bits per heavy atom. The van der Waals surface area contributed by atoms with Crippen LogP contribution in [0.25, 0.3) is 0 Å². The van der Waals surface area contributed by atoms with Gasteiger partial charge in [-0.1, -0.05) is 17.4 Å². The van der Waals surface area contributed by atoms with E-state index in [1.165, 1.54) is 0 Å². The Bertz CT molecular complexity index is 309. The third-order valence-electron chi connectivity index (χ3n) is 1.44. The highest BCUT2D eigenvalue weighted by Gasteiger charge is 2.08. The molecule has 0 aromatic carbocycles. The summed E-state index contributed by atoms with van der Waals surface area (Å²) in [5, 5.41) is 15.4. The Labute approximate surface area is 80.0 Å². The van der Waals surface area contributed by atoms with E-state index < -0.39 is 0 Å². The molecule has 0 aliphatic heterocycles.